The van der Waals surface area contributed by atoms with E-state index in [1.54, 1.807) is 24.0 Å². The minimum Gasteiger partial charge on any atom is -0.337 e. The molecule has 1 fully saturated rings. The molecule has 2 heterocycles. The molecule has 1 aliphatic heterocycles. The van der Waals surface area contributed by atoms with Gasteiger partial charge in [0.25, 0.3) is 5.91 Å². The molecule has 1 aromatic rings. The third-order valence-corrected chi connectivity index (χ3v) is 3.27. The number of halogens is 1. The quantitative estimate of drug-likeness (QED) is 0.711. The van der Waals surface area contributed by atoms with Crippen LogP contribution in [0, 0.1) is 5.92 Å². The third kappa shape index (κ3) is 2.00. The maximum absolute atomic E-state index is 12.0. The number of amides is 1. The molecular formula is C10H14ClN3O. The number of nitrogens with zero attached hydrogens (tertiary/aromatic N) is 3. The highest BCUT2D eigenvalue weighted by molar-refractivity contribution is 6.18. The highest BCUT2D eigenvalue weighted by atomic mass is 35.5. The normalized spacial score (nSPS) is 20.9. The smallest absolute Gasteiger partial charge is 0.272 e. The van der Waals surface area contributed by atoms with Crippen LogP contribution < -0.4 is 0 Å². The van der Waals surface area contributed by atoms with Crippen molar-refractivity contribution in [2.24, 2.45) is 13.0 Å². The first-order valence-corrected chi connectivity index (χ1v) is 5.59. The summed E-state index contributed by atoms with van der Waals surface area (Å²) in [5.74, 6) is 1.14. The molecule has 0 bridgehead atoms. The molecule has 1 saturated heterocycles. The maximum atomic E-state index is 12.0. The number of carbonyl (C=O) groups excluding carboxylic acids is 1. The van der Waals surface area contributed by atoms with Crippen LogP contribution in [0.15, 0.2) is 12.3 Å². The van der Waals surface area contributed by atoms with E-state index in [4.69, 9.17) is 11.6 Å². The predicted octanol–water partition coefficient (Wildman–Crippen LogP) is 1.12. The molecule has 1 amide bonds. The summed E-state index contributed by atoms with van der Waals surface area (Å²) in [7, 11) is 1.78. The highest BCUT2D eigenvalue weighted by Crippen LogP contribution is 2.19. The van der Waals surface area contributed by atoms with Gasteiger partial charge in [0.15, 0.2) is 0 Å². The summed E-state index contributed by atoms with van der Waals surface area (Å²) in [5, 5.41) is 3.99. The van der Waals surface area contributed by atoms with Crippen molar-refractivity contribution in [3.63, 3.8) is 0 Å². The van der Waals surface area contributed by atoms with Gasteiger partial charge in [0, 0.05) is 32.2 Å². The van der Waals surface area contributed by atoms with Crippen molar-refractivity contribution in [1.29, 1.82) is 0 Å². The molecule has 1 unspecified atom stereocenters. The first-order valence-electron chi connectivity index (χ1n) is 5.05. The van der Waals surface area contributed by atoms with Crippen LogP contribution in [0.2, 0.25) is 0 Å². The molecule has 0 radical (unpaired) electrons. The number of likely N-dealkylation sites (tertiary alicyclic amines) is 1. The van der Waals surface area contributed by atoms with Crippen molar-refractivity contribution in [3.05, 3.63) is 18.0 Å². The summed E-state index contributed by atoms with van der Waals surface area (Å²) < 4.78 is 1.61. The van der Waals surface area contributed by atoms with E-state index in [-0.39, 0.29) is 5.91 Å². The van der Waals surface area contributed by atoms with Crippen LogP contribution in [0.5, 0.6) is 0 Å². The van der Waals surface area contributed by atoms with Gasteiger partial charge in [-0.3, -0.25) is 9.48 Å². The number of rotatable bonds is 2. The number of hydrogen-bond donors (Lipinski definition) is 0. The van der Waals surface area contributed by atoms with Crippen molar-refractivity contribution < 1.29 is 4.79 Å². The van der Waals surface area contributed by atoms with Crippen LogP contribution in [0.3, 0.4) is 0 Å². The molecule has 1 aromatic heterocycles. The standard InChI is InChI=1S/C10H14ClN3O/c1-13-9(2-4-12-13)10(15)14-5-3-8(6-11)7-14/h2,4,8H,3,5-7H2,1H3. The molecule has 0 spiro atoms. The van der Waals surface area contributed by atoms with Gasteiger partial charge in [-0.05, 0) is 18.4 Å². The van der Waals surface area contributed by atoms with Gasteiger partial charge < -0.3 is 4.90 Å². The Morgan fingerprint density at radius 1 is 1.73 bits per heavy atom. The number of aryl methyl sites for hydroxylation is 1. The van der Waals surface area contributed by atoms with Crippen LogP contribution in [0.25, 0.3) is 0 Å². The Morgan fingerprint density at radius 2 is 2.53 bits per heavy atom. The fourth-order valence-corrected chi connectivity index (χ4v) is 2.14. The number of hydrogen-bond acceptors (Lipinski definition) is 2. The van der Waals surface area contributed by atoms with Gasteiger partial charge in [0.2, 0.25) is 0 Å². The SMILES string of the molecule is Cn1nccc1C(=O)N1CCC(CCl)C1. The van der Waals surface area contributed by atoms with E-state index in [1.165, 1.54) is 0 Å². The molecule has 2 rings (SSSR count). The summed E-state index contributed by atoms with van der Waals surface area (Å²) in [4.78, 5) is 13.9. The van der Waals surface area contributed by atoms with Crippen molar-refractivity contribution in [1.82, 2.24) is 14.7 Å². The van der Waals surface area contributed by atoms with Gasteiger partial charge in [-0.2, -0.15) is 5.10 Å². The van der Waals surface area contributed by atoms with Gasteiger partial charge in [0.1, 0.15) is 5.69 Å². The van der Waals surface area contributed by atoms with Crippen molar-refractivity contribution in [2.75, 3.05) is 19.0 Å². The summed E-state index contributed by atoms with van der Waals surface area (Å²) in [6.45, 7) is 1.58. The van der Waals surface area contributed by atoms with Gasteiger partial charge in [-0.1, -0.05) is 0 Å². The Labute approximate surface area is 93.8 Å². The lowest BCUT2D eigenvalue weighted by Gasteiger charge is -2.15. The monoisotopic (exact) mass is 227 g/mol. The number of aromatic nitrogens is 2. The first-order chi connectivity index (χ1) is 7.22. The molecule has 1 atom stereocenters. The summed E-state index contributed by atoms with van der Waals surface area (Å²) in [5.41, 5.74) is 0.644. The fourth-order valence-electron chi connectivity index (χ4n) is 1.89. The van der Waals surface area contributed by atoms with Gasteiger partial charge in [0.05, 0.1) is 0 Å². The number of carbonyl (C=O) groups is 1. The minimum absolute atomic E-state index is 0.0580. The van der Waals surface area contributed by atoms with Crippen LogP contribution in [-0.4, -0.2) is 39.6 Å². The zero-order chi connectivity index (χ0) is 10.8. The van der Waals surface area contributed by atoms with Gasteiger partial charge in [-0.15, -0.1) is 11.6 Å². The molecule has 0 aliphatic carbocycles. The molecule has 1 aliphatic rings. The topological polar surface area (TPSA) is 38.1 Å². The van der Waals surface area contributed by atoms with Crippen LogP contribution >= 0.6 is 11.6 Å². The lowest BCUT2D eigenvalue weighted by atomic mass is 10.2. The predicted molar refractivity (Wildman–Crippen MR) is 57.9 cm³/mol. The van der Waals surface area contributed by atoms with Crippen molar-refractivity contribution in [2.45, 2.75) is 6.42 Å². The summed E-state index contributed by atoms with van der Waals surface area (Å²) in [6, 6.07) is 1.75. The Hall–Kier alpha value is -1.03. The van der Waals surface area contributed by atoms with Crippen molar-refractivity contribution >= 4 is 17.5 Å². The van der Waals surface area contributed by atoms with Gasteiger partial charge in [-0.25, -0.2) is 0 Å². The Balaban J connectivity index is 2.07. The highest BCUT2D eigenvalue weighted by Gasteiger charge is 2.27. The van der Waals surface area contributed by atoms with Crippen molar-refractivity contribution in [3.8, 4) is 0 Å². The second-order valence-electron chi connectivity index (χ2n) is 3.90. The lowest BCUT2D eigenvalue weighted by molar-refractivity contribution is 0.0777. The van der Waals surface area contributed by atoms with E-state index in [2.05, 4.69) is 5.10 Å². The second kappa shape index (κ2) is 4.23. The second-order valence-corrected chi connectivity index (χ2v) is 4.21. The minimum atomic E-state index is 0.0580. The average Bonchev–Trinajstić information content (AvgIpc) is 2.84. The molecule has 15 heavy (non-hydrogen) atoms. The van der Waals surface area contributed by atoms with Gasteiger partial charge >= 0.3 is 0 Å². The maximum Gasteiger partial charge on any atom is 0.272 e. The van der Waals surface area contributed by atoms with E-state index >= 15 is 0 Å². The fraction of sp³-hybridized carbons (Fsp3) is 0.600. The van der Waals surface area contributed by atoms with Crippen LogP contribution in [0.1, 0.15) is 16.9 Å². The number of alkyl halides is 1. The summed E-state index contributed by atoms with van der Waals surface area (Å²) in [6.07, 6.45) is 2.65. The molecule has 0 saturated carbocycles. The van der Waals surface area contributed by atoms with E-state index in [1.807, 2.05) is 4.90 Å². The summed E-state index contributed by atoms with van der Waals surface area (Å²) >= 11 is 5.78. The lowest BCUT2D eigenvalue weighted by Crippen LogP contribution is -2.30. The Morgan fingerprint density at radius 3 is 3.07 bits per heavy atom. The Kier molecular flexibility index (Phi) is 2.95. The van der Waals surface area contributed by atoms with Crippen LogP contribution in [-0.2, 0) is 7.05 Å². The third-order valence-electron chi connectivity index (χ3n) is 2.83. The average molecular weight is 228 g/mol. The Bertz CT molecular complexity index is 363. The van der Waals surface area contributed by atoms with E-state index < -0.39 is 0 Å². The molecule has 0 aromatic carbocycles. The largest absolute Gasteiger partial charge is 0.337 e. The molecule has 4 nitrogen and oxygen atoms in total. The first kappa shape index (κ1) is 10.5. The zero-order valence-corrected chi connectivity index (χ0v) is 9.44. The van der Waals surface area contributed by atoms with Crippen LogP contribution in [0.4, 0.5) is 0 Å². The van der Waals surface area contributed by atoms with E-state index in [0.717, 1.165) is 19.5 Å². The zero-order valence-electron chi connectivity index (χ0n) is 8.69. The molecular weight excluding hydrogens is 214 g/mol. The van der Waals surface area contributed by atoms with E-state index in [9.17, 15) is 4.79 Å². The molecule has 0 N–H and O–H groups in total. The molecule has 5 heteroatoms. The van der Waals surface area contributed by atoms with E-state index in [0.29, 0.717) is 17.5 Å². The molecule has 82 valence electrons.